The summed E-state index contributed by atoms with van der Waals surface area (Å²) in [4.78, 5) is 80.2. The third-order valence-electron chi connectivity index (χ3n) is 8.71. The highest BCUT2D eigenvalue weighted by Crippen LogP contribution is 2.19. The molecule has 6 rings (SSSR count). The van der Waals surface area contributed by atoms with Gasteiger partial charge in [-0.25, -0.2) is 0 Å². The number of aliphatic carboxylic acids is 1. The van der Waals surface area contributed by atoms with E-state index in [1.54, 1.807) is 84.9 Å². The molecular weight excluding hydrogens is 732 g/mol. The fourth-order valence-corrected chi connectivity index (χ4v) is 6.17. The standard InChI is InChI=1S/C39H39BrN4O8/c40-28-12-8-26(9-13-28)21-33-38(49)43-31(23-30-7-4-18-52-30)34(45)22-27(39(50)51)19-25-10-14-29(15-11-25)41-35(46)16-17-36(47)42-32(37(48)44-33)20-24-5-2-1-3-6-24/h1-15,18,27,31-33H,16-17,19-23H2,(H,41,46)(H,42,47)(H,43,49)(H,44,48)(H,50,51)/t27-,31+,32+,33-/m0/s1. The molecule has 0 saturated carbocycles. The van der Waals surface area contributed by atoms with Crippen molar-refractivity contribution in [1.82, 2.24) is 16.0 Å². The van der Waals surface area contributed by atoms with Gasteiger partial charge in [-0.1, -0.05) is 70.5 Å². The number of Topliss-reactive ketones (excluding diaryl/α,β-unsaturated/α-hetero) is 1. The topological polar surface area (TPSA) is 184 Å². The van der Waals surface area contributed by atoms with Crippen molar-refractivity contribution < 1.29 is 38.3 Å². The lowest BCUT2D eigenvalue weighted by Gasteiger charge is -2.26. The minimum Gasteiger partial charge on any atom is -0.481 e. The number of ketones is 1. The van der Waals surface area contributed by atoms with Crippen molar-refractivity contribution in [3.8, 4) is 0 Å². The van der Waals surface area contributed by atoms with Crippen LogP contribution in [0.3, 0.4) is 0 Å². The molecule has 2 bridgehead atoms. The summed E-state index contributed by atoms with van der Waals surface area (Å²) in [5.74, 6) is -4.74. The summed E-state index contributed by atoms with van der Waals surface area (Å²) < 4.78 is 6.29. The second-order valence-corrected chi connectivity index (χ2v) is 13.6. The Bertz CT molecular complexity index is 1860. The van der Waals surface area contributed by atoms with Crippen LogP contribution in [0, 0.1) is 5.92 Å². The van der Waals surface area contributed by atoms with E-state index in [0.29, 0.717) is 22.6 Å². The van der Waals surface area contributed by atoms with Crippen LogP contribution in [-0.2, 0) is 54.5 Å². The number of hydrogen-bond donors (Lipinski definition) is 5. The first kappa shape index (κ1) is 37.7. The summed E-state index contributed by atoms with van der Waals surface area (Å²) >= 11 is 3.40. The zero-order valence-electron chi connectivity index (χ0n) is 28.2. The molecule has 5 N–H and O–H groups in total. The van der Waals surface area contributed by atoms with Gasteiger partial charge in [0.15, 0.2) is 5.78 Å². The number of benzene rings is 3. The highest BCUT2D eigenvalue weighted by Gasteiger charge is 2.33. The number of furan rings is 1. The van der Waals surface area contributed by atoms with Gasteiger partial charge >= 0.3 is 5.97 Å². The molecule has 4 aromatic rings. The Hall–Kier alpha value is -5.56. The Morgan fingerprint density at radius 3 is 1.92 bits per heavy atom. The number of nitrogens with one attached hydrogen (secondary N) is 4. The molecule has 13 heteroatoms. The van der Waals surface area contributed by atoms with Gasteiger partial charge in [-0.3, -0.25) is 28.8 Å². The number of carboxylic acids is 1. The third-order valence-corrected chi connectivity index (χ3v) is 9.24. The first-order valence-electron chi connectivity index (χ1n) is 16.9. The molecule has 0 aliphatic carbocycles. The van der Waals surface area contributed by atoms with Crippen molar-refractivity contribution in [2.75, 3.05) is 5.32 Å². The molecule has 2 aliphatic rings. The molecule has 2 aliphatic heterocycles. The molecule has 0 radical (unpaired) electrons. The number of halogens is 1. The van der Waals surface area contributed by atoms with Crippen LogP contribution < -0.4 is 21.3 Å². The summed E-state index contributed by atoms with van der Waals surface area (Å²) in [6, 6.07) is 22.5. The Balaban J connectivity index is 1.49. The van der Waals surface area contributed by atoms with E-state index in [1.807, 2.05) is 6.07 Å². The number of carboxylic acid groups (broad SMARTS) is 1. The van der Waals surface area contributed by atoms with Crippen LogP contribution in [0.1, 0.15) is 41.7 Å². The van der Waals surface area contributed by atoms with Crippen LogP contribution in [-0.4, -0.2) is 58.6 Å². The lowest BCUT2D eigenvalue weighted by molar-refractivity contribution is -0.144. The van der Waals surface area contributed by atoms with Gasteiger partial charge in [-0.05, 0) is 59.5 Å². The third kappa shape index (κ3) is 11.2. The van der Waals surface area contributed by atoms with Crippen molar-refractivity contribution in [2.24, 2.45) is 5.92 Å². The van der Waals surface area contributed by atoms with Crippen LogP contribution in [0.4, 0.5) is 5.69 Å². The fourth-order valence-electron chi connectivity index (χ4n) is 5.90. The Kier molecular flexibility index (Phi) is 13.1. The molecule has 0 saturated heterocycles. The van der Waals surface area contributed by atoms with Gasteiger partial charge in [0.25, 0.3) is 0 Å². The lowest BCUT2D eigenvalue weighted by atomic mass is 9.91. The summed E-state index contributed by atoms with van der Waals surface area (Å²) in [5.41, 5.74) is 2.52. The average Bonchev–Trinajstić information content (AvgIpc) is 3.64. The predicted molar refractivity (Wildman–Crippen MR) is 195 cm³/mol. The molecule has 4 atom stereocenters. The van der Waals surface area contributed by atoms with Crippen LogP contribution in [0.5, 0.6) is 0 Å². The highest BCUT2D eigenvalue weighted by atomic mass is 79.9. The maximum atomic E-state index is 14.1. The van der Waals surface area contributed by atoms with E-state index in [-0.39, 0.29) is 38.5 Å². The van der Waals surface area contributed by atoms with E-state index in [1.165, 1.54) is 6.26 Å². The average molecular weight is 772 g/mol. The van der Waals surface area contributed by atoms with Crippen molar-refractivity contribution >= 4 is 57.0 Å². The summed E-state index contributed by atoms with van der Waals surface area (Å²) in [6.07, 6.45) is 0.760. The summed E-state index contributed by atoms with van der Waals surface area (Å²) in [7, 11) is 0. The zero-order chi connectivity index (χ0) is 37.0. The van der Waals surface area contributed by atoms with Gasteiger partial charge in [0.2, 0.25) is 23.6 Å². The van der Waals surface area contributed by atoms with Crippen LogP contribution in [0.25, 0.3) is 0 Å². The molecule has 1 aromatic heterocycles. The Morgan fingerprint density at radius 1 is 0.673 bits per heavy atom. The summed E-state index contributed by atoms with van der Waals surface area (Å²) in [5, 5.41) is 21.1. The minimum atomic E-state index is -1.20. The van der Waals surface area contributed by atoms with Gasteiger partial charge in [-0.15, -0.1) is 0 Å². The first-order valence-corrected chi connectivity index (χ1v) is 17.7. The number of anilines is 1. The minimum absolute atomic E-state index is 0.0158. The number of rotatable bonds is 7. The van der Waals surface area contributed by atoms with Gasteiger partial charge in [0, 0.05) is 48.7 Å². The van der Waals surface area contributed by atoms with E-state index in [9.17, 15) is 33.9 Å². The largest absolute Gasteiger partial charge is 0.481 e. The lowest BCUT2D eigenvalue weighted by Crippen LogP contribution is -2.57. The van der Waals surface area contributed by atoms with Crippen LogP contribution in [0.15, 0.2) is 106 Å². The molecule has 0 fully saturated rings. The predicted octanol–water partition coefficient (Wildman–Crippen LogP) is 4.16. The van der Waals surface area contributed by atoms with Crippen molar-refractivity contribution in [3.05, 3.63) is 124 Å². The van der Waals surface area contributed by atoms with Gasteiger partial charge in [0.05, 0.1) is 18.2 Å². The molecule has 4 amide bonds. The number of fused-ring (bicyclic) bond motifs is 18. The molecule has 0 unspecified atom stereocenters. The molecule has 12 nitrogen and oxygen atoms in total. The molecule has 0 spiro atoms. The number of amides is 4. The number of carbonyl (C=O) groups is 6. The van der Waals surface area contributed by atoms with Crippen molar-refractivity contribution in [3.63, 3.8) is 0 Å². The maximum Gasteiger partial charge on any atom is 0.307 e. The smallest absolute Gasteiger partial charge is 0.307 e. The molecule has 3 aromatic carbocycles. The monoisotopic (exact) mass is 770 g/mol. The van der Waals surface area contributed by atoms with E-state index in [4.69, 9.17) is 4.42 Å². The number of carbonyl (C=O) groups excluding carboxylic acids is 5. The second-order valence-electron chi connectivity index (χ2n) is 12.7. The van der Waals surface area contributed by atoms with Gasteiger partial charge < -0.3 is 30.8 Å². The number of hydrogen-bond acceptors (Lipinski definition) is 7. The maximum absolute atomic E-state index is 14.1. The van der Waals surface area contributed by atoms with Crippen molar-refractivity contribution in [2.45, 2.75) is 63.1 Å². The molecule has 52 heavy (non-hydrogen) atoms. The highest BCUT2D eigenvalue weighted by molar-refractivity contribution is 9.10. The van der Waals surface area contributed by atoms with E-state index in [2.05, 4.69) is 37.2 Å². The van der Waals surface area contributed by atoms with Gasteiger partial charge in [0.1, 0.15) is 17.8 Å². The van der Waals surface area contributed by atoms with Crippen molar-refractivity contribution in [1.29, 1.82) is 0 Å². The quantitative estimate of drug-likeness (QED) is 0.174. The summed E-state index contributed by atoms with van der Waals surface area (Å²) in [6.45, 7) is 0. The Labute approximate surface area is 308 Å². The van der Waals surface area contributed by atoms with Crippen LogP contribution >= 0.6 is 15.9 Å². The normalized spacial score (nSPS) is 20.9. The SMILES string of the molecule is O=C1CCC(=O)N[C@H](Cc2ccccc2)C(=O)N[C@@H](Cc2ccc(Br)cc2)C(=O)N[C@H](Cc2ccco2)C(=O)C[C@@H](C(=O)O)Cc2ccc(cc2)N1. The van der Waals surface area contributed by atoms with E-state index in [0.717, 1.165) is 10.0 Å². The van der Waals surface area contributed by atoms with E-state index < -0.39 is 65.8 Å². The first-order chi connectivity index (χ1) is 25.0. The Morgan fingerprint density at radius 2 is 1.29 bits per heavy atom. The van der Waals surface area contributed by atoms with Crippen LogP contribution in [0.2, 0.25) is 0 Å². The molecule has 270 valence electrons. The molecule has 3 heterocycles. The second kappa shape index (κ2) is 18.1. The zero-order valence-corrected chi connectivity index (χ0v) is 29.8. The molecular formula is C39H39BrN4O8. The van der Waals surface area contributed by atoms with E-state index >= 15 is 0 Å². The fraction of sp³-hybridized carbons (Fsp3) is 0.282. The van der Waals surface area contributed by atoms with Gasteiger partial charge in [-0.2, -0.15) is 0 Å².